The Bertz CT molecular complexity index is 987. The number of non-ortho nitro benzene ring substituents is 1. The Labute approximate surface area is 161 Å². The molecular formula is C17H13F3N4O3S. The number of amides is 1. The van der Waals surface area contributed by atoms with Crippen LogP contribution in [-0.2, 0) is 11.0 Å². The van der Waals surface area contributed by atoms with Gasteiger partial charge in [-0.1, -0.05) is 17.8 Å². The summed E-state index contributed by atoms with van der Waals surface area (Å²) in [7, 11) is 0. The molecule has 1 aromatic carbocycles. The van der Waals surface area contributed by atoms with E-state index < -0.39 is 28.1 Å². The third-order valence-electron chi connectivity index (χ3n) is 3.58. The van der Waals surface area contributed by atoms with Crippen LogP contribution in [0.15, 0.2) is 29.3 Å². The van der Waals surface area contributed by atoms with Crippen molar-refractivity contribution in [1.82, 2.24) is 4.98 Å². The maximum Gasteiger partial charge on any atom is 0.417 e. The van der Waals surface area contributed by atoms with E-state index in [1.165, 1.54) is 31.2 Å². The molecular weight excluding hydrogens is 397 g/mol. The number of aryl methyl sites for hydroxylation is 2. The fourth-order valence-corrected chi connectivity index (χ4v) is 3.11. The van der Waals surface area contributed by atoms with Gasteiger partial charge < -0.3 is 5.32 Å². The molecule has 0 aliphatic carbocycles. The summed E-state index contributed by atoms with van der Waals surface area (Å²) in [6.07, 6.45) is -4.73. The summed E-state index contributed by atoms with van der Waals surface area (Å²) >= 11 is 0.680. The number of nitro groups is 1. The monoisotopic (exact) mass is 410 g/mol. The number of thioether (sulfide) groups is 1. The number of nitriles is 1. The highest BCUT2D eigenvalue weighted by atomic mass is 32.2. The minimum absolute atomic E-state index is 0.0590. The maximum atomic E-state index is 13.1. The van der Waals surface area contributed by atoms with Crippen LogP contribution in [0.3, 0.4) is 0 Å². The quantitative estimate of drug-likeness (QED) is 0.449. The number of hydrogen-bond acceptors (Lipinski definition) is 6. The van der Waals surface area contributed by atoms with Gasteiger partial charge in [0.05, 0.1) is 27.5 Å². The van der Waals surface area contributed by atoms with Crippen LogP contribution < -0.4 is 5.32 Å². The number of halogens is 3. The molecule has 2 aromatic rings. The number of benzene rings is 1. The molecule has 28 heavy (non-hydrogen) atoms. The van der Waals surface area contributed by atoms with Crippen LogP contribution in [0.1, 0.15) is 22.4 Å². The lowest BCUT2D eigenvalue weighted by molar-refractivity contribution is -0.384. The summed E-state index contributed by atoms with van der Waals surface area (Å²) in [5.74, 6) is -0.931. The van der Waals surface area contributed by atoms with E-state index in [2.05, 4.69) is 10.3 Å². The van der Waals surface area contributed by atoms with Crippen LogP contribution in [0.25, 0.3) is 0 Å². The second kappa shape index (κ2) is 8.26. The van der Waals surface area contributed by atoms with Gasteiger partial charge in [0.15, 0.2) is 0 Å². The first-order valence-electron chi connectivity index (χ1n) is 7.69. The first-order valence-corrected chi connectivity index (χ1v) is 8.68. The number of nitro benzene ring substituents is 1. The number of nitrogens with zero attached hydrogens (tertiary/aromatic N) is 3. The van der Waals surface area contributed by atoms with E-state index in [1.54, 1.807) is 6.92 Å². The third-order valence-corrected chi connectivity index (χ3v) is 4.55. The number of carbonyl (C=O) groups is 1. The summed E-state index contributed by atoms with van der Waals surface area (Å²) in [6, 6.07) is 6.20. The van der Waals surface area contributed by atoms with Crippen LogP contribution in [0, 0.1) is 35.3 Å². The average molecular weight is 410 g/mol. The largest absolute Gasteiger partial charge is 0.417 e. The molecule has 0 radical (unpaired) electrons. The van der Waals surface area contributed by atoms with Gasteiger partial charge in [-0.2, -0.15) is 18.4 Å². The molecule has 0 atom stereocenters. The number of alkyl halides is 3. The molecule has 146 valence electrons. The topological polar surface area (TPSA) is 109 Å². The molecule has 0 bridgehead atoms. The van der Waals surface area contributed by atoms with Crippen LogP contribution in [-0.4, -0.2) is 21.6 Å². The summed E-state index contributed by atoms with van der Waals surface area (Å²) < 4.78 is 39.3. The van der Waals surface area contributed by atoms with Crippen molar-refractivity contribution in [2.75, 3.05) is 11.1 Å². The Morgan fingerprint density at radius 3 is 2.61 bits per heavy atom. The van der Waals surface area contributed by atoms with Crippen molar-refractivity contribution in [3.63, 3.8) is 0 Å². The molecule has 0 unspecified atom stereocenters. The Kier molecular flexibility index (Phi) is 6.25. The Hall–Kier alpha value is -3.13. The van der Waals surface area contributed by atoms with E-state index >= 15 is 0 Å². The fourth-order valence-electron chi connectivity index (χ4n) is 2.26. The molecule has 0 saturated carbocycles. The molecule has 1 aromatic heterocycles. The van der Waals surface area contributed by atoms with Gasteiger partial charge in [-0.3, -0.25) is 14.9 Å². The zero-order valence-electron chi connectivity index (χ0n) is 14.6. The Morgan fingerprint density at radius 1 is 1.36 bits per heavy atom. The normalized spacial score (nSPS) is 11.0. The number of carbonyl (C=O) groups excluding carboxylic acids is 1. The van der Waals surface area contributed by atoms with Crippen LogP contribution in [0.4, 0.5) is 24.5 Å². The van der Waals surface area contributed by atoms with Gasteiger partial charge in [-0.05, 0) is 25.5 Å². The smallest absolute Gasteiger partial charge is 0.325 e. The second-order valence-corrected chi connectivity index (χ2v) is 6.66. The highest BCUT2D eigenvalue weighted by Crippen LogP contribution is 2.35. The van der Waals surface area contributed by atoms with E-state index in [-0.39, 0.29) is 27.8 Å². The van der Waals surface area contributed by atoms with Gasteiger partial charge in [0.1, 0.15) is 11.1 Å². The third kappa shape index (κ3) is 4.98. The van der Waals surface area contributed by atoms with Gasteiger partial charge in [-0.25, -0.2) is 4.98 Å². The molecule has 0 aliphatic heterocycles. The van der Waals surface area contributed by atoms with Crippen molar-refractivity contribution in [2.24, 2.45) is 0 Å². The Morgan fingerprint density at radius 2 is 2.04 bits per heavy atom. The zero-order chi connectivity index (χ0) is 21.1. The number of aromatic nitrogens is 1. The Balaban J connectivity index is 2.20. The number of nitrogens with one attached hydrogen (secondary N) is 1. The molecule has 7 nitrogen and oxygen atoms in total. The van der Waals surface area contributed by atoms with Crippen LogP contribution >= 0.6 is 11.8 Å². The highest BCUT2D eigenvalue weighted by molar-refractivity contribution is 8.00. The minimum atomic E-state index is -4.73. The lowest BCUT2D eigenvalue weighted by Gasteiger charge is -2.13. The van der Waals surface area contributed by atoms with Crippen molar-refractivity contribution in [2.45, 2.75) is 25.0 Å². The SMILES string of the molecule is Cc1cc(C(F)(F)F)c(C#N)c(SCC(=O)Nc2cc([N+](=O)[O-])ccc2C)n1. The van der Waals surface area contributed by atoms with Crippen LogP contribution in [0.2, 0.25) is 0 Å². The summed E-state index contributed by atoms with van der Waals surface area (Å²) in [6.45, 7) is 2.99. The summed E-state index contributed by atoms with van der Waals surface area (Å²) in [5, 5.41) is 22.2. The van der Waals surface area contributed by atoms with Crippen molar-refractivity contribution in [1.29, 1.82) is 5.26 Å². The average Bonchev–Trinajstić information content (AvgIpc) is 2.60. The van der Waals surface area contributed by atoms with Crippen molar-refractivity contribution in [3.8, 4) is 6.07 Å². The lowest BCUT2D eigenvalue weighted by atomic mass is 10.1. The number of anilines is 1. The van der Waals surface area contributed by atoms with Crippen molar-refractivity contribution in [3.05, 3.63) is 56.8 Å². The molecule has 0 saturated heterocycles. The first-order chi connectivity index (χ1) is 13.0. The second-order valence-electron chi connectivity index (χ2n) is 5.69. The molecule has 0 spiro atoms. The lowest BCUT2D eigenvalue weighted by Crippen LogP contribution is -2.16. The predicted molar refractivity (Wildman–Crippen MR) is 95.9 cm³/mol. The standard InChI is InChI=1S/C17H13F3N4O3S/c1-9-3-4-11(24(26)27)6-14(9)23-15(25)8-28-16-12(7-21)13(17(18,19)20)5-10(2)22-16/h3-6H,8H2,1-2H3,(H,23,25). The molecule has 11 heteroatoms. The van der Waals surface area contributed by atoms with Crippen molar-refractivity contribution < 1.29 is 22.9 Å². The molecule has 2 rings (SSSR count). The van der Waals surface area contributed by atoms with E-state index in [9.17, 15) is 28.1 Å². The van der Waals surface area contributed by atoms with E-state index in [4.69, 9.17) is 5.26 Å². The predicted octanol–water partition coefficient (Wildman–Crippen LogP) is 4.23. The van der Waals surface area contributed by atoms with Crippen molar-refractivity contribution >= 4 is 29.0 Å². The maximum absolute atomic E-state index is 13.1. The summed E-state index contributed by atoms with van der Waals surface area (Å²) in [4.78, 5) is 26.3. The molecule has 0 aliphatic rings. The van der Waals surface area contributed by atoms with Crippen LogP contribution in [0.5, 0.6) is 0 Å². The van der Waals surface area contributed by atoms with Gasteiger partial charge in [0.25, 0.3) is 5.69 Å². The highest BCUT2D eigenvalue weighted by Gasteiger charge is 2.35. The molecule has 1 heterocycles. The number of hydrogen-bond donors (Lipinski definition) is 1. The number of pyridine rings is 1. The van der Waals surface area contributed by atoms with Gasteiger partial charge >= 0.3 is 6.18 Å². The first kappa shape index (κ1) is 21.2. The summed E-state index contributed by atoms with van der Waals surface area (Å²) in [5.41, 5.74) is -1.12. The molecule has 0 fully saturated rings. The van der Waals surface area contributed by atoms with E-state index in [0.29, 0.717) is 17.3 Å². The van der Waals surface area contributed by atoms with E-state index in [1.807, 2.05) is 0 Å². The fraction of sp³-hybridized carbons (Fsp3) is 0.235. The van der Waals surface area contributed by atoms with E-state index in [0.717, 1.165) is 6.07 Å². The molecule has 1 N–H and O–H groups in total. The minimum Gasteiger partial charge on any atom is -0.325 e. The van der Waals surface area contributed by atoms with Gasteiger partial charge in [0.2, 0.25) is 5.91 Å². The number of rotatable bonds is 5. The van der Waals surface area contributed by atoms with Gasteiger partial charge in [0, 0.05) is 17.8 Å². The molecule has 1 amide bonds. The zero-order valence-corrected chi connectivity index (χ0v) is 15.4. The van der Waals surface area contributed by atoms with Gasteiger partial charge in [-0.15, -0.1) is 0 Å².